The molecular weight excluding hydrogens is 299 g/mol. The second-order valence-corrected chi connectivity index (χ2v) is 6.18. The van der Waals surface area contributed by atoms with Gasteiger partial charge in [0.15, 0.2) is 0 Å². The fraction of sp³-hybridized carbons (Fsp3) is 0.500. The number of likely N-dealkylation sites (tertiary alicyclic amines) is 1. The number of carboxylic acids is 1. The molecule has 0 radical (unpaired) electrons. The SMILES string of the molecule is CN(C)c1cc(Cl)cc(Cl)c1CN1CCC(C(=O)O)C1. The first-order chi connectivity index (χ1) is 9.38. The van der Waals surface area contributed by atoms with Gasteiger partial charge in [-0.3, -0.25) is 9.69 Å². The molecule has 6 heteroatoms. The van der Waals surface area contributed by atoms with Crippen molar-refractivity contribution < 1.29 is 9.90 Å². The molecular formula is C14H18Cl2N2O2. The van der Waals surface area contributed by atoms with Crippen LogP contribution < -0.4 is 4.90 Å². The second-order valence-electron chi connectivity index (χ2n) is 5.34. The minimum Gasteiger partial charge on any atom is -0.481 e. The molecule has 0 amide bonds. The fourth-order valence-electron chi connectivity index (χ4n) is 2.55. The van der Waals surface area contributed by atoms with Crippen LogP contribution in [0.3, 0.4) is 0 Å². The van der Waals surface area contributed by atoms with Gasteiger partial charge in [0.05, 0.1) is 5.92 Å². The number of hydrogen-bond acceptors (Lipinski definition) is 3. The van der Waals surface area contributed by atoms with Crippen molar-refractivity contribution in [3.8, 4) is 0 Å². The summed E-state index contributed by atoms with van der Waals surface area (Å²) in [6, 6.07) is 3.61. The van der Waals surface area contributed by atoms with Gasteiger partial charge in [0.1, 0.15) is 0 Å². The molecule has 1 aliphatic rings. The van der Waals surface area contributed by atoms with E-state index in [0.29, 0.717) is 29.6 Å². The Hall–Kier alpha value is -0.970. The van der Waals surface area contributed by atoms with Crippen molar-refractivity contribution in [1.82, 2.24) is 4.90 Å². The molecule has 0 spiro atoms. The van der Waals surface area contributed by atoms with E-state index < -0.39 is 5.97 Å². The summed E-state index contributed by atoms with van der Waals surface area (Å²) in [4.78, 5) is 15.1. The molecule has 4 nitrogen and oxygen atoms in total. The smallest absolute Gasteiger partial charge is 0.307 e. The van der Waals surface area contributed by atoms with E-state index >= 15 is 0 Å². The van der Waals surface area contributed by atoms with E-state index in [2.05, 4.69) is 4.90 Å². The number of hydrogen-bond donors (Lipinski definition) is 1. The molecule has 0 aliphatic carbocycles. The number of carbonyl (C=O) groups is 1. The minimum absolute atomic E-state index is 0.274. The van der Waals surface area contributed by atoms with Crippen molar-refractivity contribution in [2.24, 2.45) is 5.92 Å². The van der Waals surface area contributed by atoms with Crippen LogP contribution in [0.15, 0.2) is 12.1 Å². The van der Waals surface area contributed by atoms with Crippen LogP contribution in [0.4, 0.5) is 5.69 Å². The summed E-state index contributed by atoms with van der Waals surface area (Å²) >= 11 is 12.3. The molecule has 20 heavy (non-hydrogen) atoms. The Bertz CT molecular complexity index is 520. The predicted molar refractivity (Wildman–Crippen MR) is 81.8 cm³/mol. The molecule has 1 aromatic carbocycles. The van der Waals surface area contributed by atoms with Crippen molar-refractivity contribution in [2.75, 3.05) is 32.1 Å². The molecule has 1 aromatic rings. The van der Waals surface area contributed by atoms with Gasteiger partial charge in [-0.15, -0.1) is 0 Å². The lowest BCUT2D eigenvalue weighted by atomic mass is 10.1. The van der Waals surface area contributed by atoms with Gasteiger partial charge >= 0.3 is 5.97 Å². The molecule has 1 N–H and O–H groups in total. The first kappa shape index (κ1) is 15.4. The van der Waals surface area contributed by atoms with Crippen LogP contribution in [0.5, 0.6) is 0 Å². The standard InChI is InChI=1S/C14H18Cl2N2O2/c1-17(2)13-6-10(15)5-12(16)11(13)8-18-4-3-9(7-18)14(19)20/h5-6,9H,3-4,7-8H2,1-2H3,(H,19,20). The van der Waals surface area contributed by atoms with Crippen LogP contribution in [0.2, 0.25) is 10.0 Å². The van der Waals surface area contributed by atoms with E-state index in [1.807, 2.05) is 25.1 Å². The Kier molecular flexibility index (Phi) is 4.78. The Morgan fingerprint density at radius 1 is 1.45 bits per heavy atom. The van der Waals surface area contributed by atoms with Gasteiger partial charge in [-0.05, 0) is 25.1 Å². The Balaban J connectivity index is 2.19. The first-order valence-corrected chi connectivity index (χ1v) is 7.24. The number of aliphatic carboxylic acids is 1. The zero-order chi connectivity index (χ0) is 14.9. The van der Waals surface area contributed by atoms with Gasteiger partial charge in [-0.1, -0.05) is 23.2 Å². The highest BCUT2D eigenvalue weighted by Gasteiger charge is 2.28. The van der Waals surface area contributed by atoms with Crippen molar-refractivity contribution >= 4 is 34.9 Å². The zero-order valence-electron chi connectivity index (χ0n) is 11.6. The van der Waals surface area contributed by atoms with Gasteiger partial charge in [0.2, 0.25) is 0 Å². The number of benzene rings is 1. The molecule has 1 fully saturated rings. The quantitative estimate of drug-likeness (QED) is 0.927. The summed E-state index contributed by atoms with van der Waals surface area (Å²) in [5, 5.41) is 10.3. The fourth-order valence-corrected chi connectivity index (χ4v) is 3.09. The lowest BCUT2D eigenvalue weighted by Crippen LogP contribution is -2.24. The van der Waals surface area contributed by atoms with Gasteiger partial charge in [-0.25, -0.2) is 0 Å². The summed E-state index contributed by atoms with van der Waals surface area (Å²) < 4.78 is 0. The first-order valence-electron chi connectivity index (χ1n) is 6.49. The third-order valence-corrected chi connectivity index (χ3v) is 4.18. The Morgan fingerprint density at radius 2 is 2.15 bits per heavy atom. The van der Waals surface area contributed by atoms with Crippen molar-refractivity contribution in [3.05, 3.63) is 27.7 Å². The Labute approximate surface area is 128 Å². The number of halogens is 2. The monoisotopic (exact) mass is 316 g/mol. The van der Waals surface area contributed by atoms with Crippen LogP contribution in [0, 0.1) is 5.92 Å². The Morgan fingerprint density at radius 3 is 2.70 bits per heavy atom. The molecule has 110 valence electrons. The van der Waals surface area contributed by atoms with Crippen LogP contribution >= 0.6 is 23.2 Å². The van der Waals surface area contributed by atoms with E-state index in [1.165, 1.54) is 0 Å². The molecule has 1 aliphatic heterocycles. The summed E-state index contributed by atoms with van der Waals surface area (Å²) in [5.74, 6) is -0.994. The van der Waals surface area contributed by atoms with Crippen LogP contribution in [0.1, 0.15) is 12.0 Å². The van der Waals surface area contributed by atoms with Crippen molar-refractivity contribution in [1.29, 1.82) is 0 Å². The number of anilines is 1. The highest BCUT2D eigenvalue weighted by molar-refractivity contribution is 6.35. The van der Waals surface area contributed by atoms with Gasteiger partial charge in [-0.2, -0.15) is 0 Å². The molecule has 0 saturated carbocycles. The number of carboxylic acid groups (broad SMARTS) is 1. The van der Waals surface area contributed by atoms with Crippen LogP contribution in [-0.2, 0) is 11.3 Å². The zero-order valence-corrected chi connectivity index (χ0v) is 13.1. The van der Waals surface area contributed by atoms with Crippen molar-refractivity contribution in [2.45, 2.75) is 13.0 Å². The largest absolute Gasteiger partial charge is 0.481 e. The van der Waals surface area contributed by atoms with E-state index in [-0.39, 0.29) is 5.92 Å². The third kappa shape index (κ3) is 3.37. The predicted octanol–water partition coefficient (Wildman–Crippen LogP) is 2.97. The topological polar surface area (TPSA) is 43.8 Å². The highest BCUT2D eigenvalue weighted by atomic mass is 35.5. The summed E-state index contributed by atoms with van der Waals surface area (Å²) in [6.45, 7) is 2.00. The lowest BCUT2D eigenvalue weighted by molar-refractivity contribution is -0.141. The molecule has 1 unspecified atom stereocenters. The normalized spacial score (nSPS) is 19.3. The maximum Gasteiger partial charge on any atom is 0.307 e. The molecule has 1 heterocycles. The maximum atomic E-state index is 11.0. The van der Waals surface area contributed by atoms with Gasteiger partial charge < -0.3 is 10.0 Å². The van der Waals surface area contributed by atoms with Crippen molar-refractivity contribution in [3.63, 3.8) is 0 Å². The minimum atomic E-state index is -0.720. The lowest BCUT2D eigenvalue weighted by Gasteiger charge is -2.23. The van der Waals surface area contributed by atoms with E-state index in [9.17, 15) is 4.79 Å². The summed E-state index contributed by atoms with van der Waals surface area (Å²) in [5.41, 5.74) is 1.97. The molecule has 1 saturated heterocycles. The third-order valence-electron chi connectivity index (χ3n) is 3.62. The van der Waals surface area contributed by atoms with Crippen LogP contribution in [0.25, 0.3) is 0 Å². The molecule has 0 bridgehead atoms. The molecule has 2 rings (SSSR count). The van der Waals surface area contributed by atoms with Crippen LogP contribution in [-0.4, -0.2) is 43.2 Å². The second kappa shape index (κ2) is 6.20. The average molecular weight is 317 g/mol. The van der Waals surface area contributed by atoms with E-state index in [1.54, 1.807) is 6.07 Å². The number of nitrogens with zero attached hydrogens (tertiary/aromatic N) is 2. The van der Waals surface area contributed by atoms with E-state index in [0.717, 1.165) is 17.8 Å². The van der Waals surface area contributed by atoms with Gasteiger partial charge in [0, 0.05) is 48.5 Å². The number of rotatable bonds is 4. The maximum absolute atomic E-state index is 11.0. The van der Waals surface area contributed by atoms with Gasteiger partial charge in [0.25, 0.3) is 0 Å². The summed E-state index contributed by atoms with van der Waals surface area (Å²) in [6.07, 6.45) is 0.692. The molecule has 1 atom stereocenters. The average Bonchev–Trinajstić information content (AvgIpc) is 2.80. The molecule has 0 aromatic heterocycles. The summed E-state index contributed by atoms with van der Waals surface area (Å²) in [7, 11) is 3.88. The highest BCUT2D eigenvalue weighted by Crippen LogP contribution is 2.33. The van der Waals surface area contributed by atoms with E-state index in [4.69, 9.17) is 28.3 Å².